The molecule has 1 fully saturated rings. The van der Waals surface area contributed by atoms with E-state index in [2.05, 4.69) is 17.6 Å². The Bertz CT molecular complexity index is 221. The predicted molar refractivity (Wildman–Crippen MR) is 68.9 cm³/mol. The molecule has 0 saturated heterocycles. The van der Waals surface area contributed by atoms with Gasteiger partial charge in [0.1, 0.15) is 0 Å². The number of carbonyl (C=O) groups excluding carboxylic acids is 1. The Morgan fingerprint density at radius 2 is 2.06 bits per heavy atom. The first kappa shape index (κ1) is 14.5. The molecule has 4 nitrogen and oxygen atoms in total. The van der Waals surface area contributed by atoms with Crippen LogP contribution in [0.5, 0.6) is 0 Å². The molecule has 2 N–H and O–H groups in total. The smallest absolute Gasteiger partial charge is 0.234 e. The summed E-state index contributed by atoms with van der Waals surface area (Å²) in [6.45, 7) is 3.88. The molecular formula is C13H26N2O2. The van der Waals surface area contributed by atoms with Crippen molar-refractivity contribution < 1.29 is 9.53 Å². The fourth-order valence-electron chi connectivity index (χ4n) is 2.38. The van der Waals surface area contributed by atoms with E-state index in [0.717, 1.165) is 0 Å². The molecule has 0 aliphatic heterocycles. The monoisotopic (exact) mass is 242 g/mol. The number of methoxy groups -OCH3 is 1. The van der Waals surface area contributed by atoms with Crippen molar-refractivity contribution in [1.82, 2.24) is 10.6 Å². The molecule has 0 radical (unpaired) electrons. The SMILES string of the molecule is COCCNC(=O)CNC1CCCCCC1C. The summed E-state index contributed by atoms with van der Waals surface area (Å²) in [6, 6.07) is 0.505. The standard InChI is InChI=1S/C13H26N2O2/c1-11-6-4-3-5-7-12(11)15-10-13(16)14-8-9-17-2/h11-12,15H,3-10H2,1-2H3,(H,14,16). The van der Waals surface area contributed by atoms with Crippen LogP contribution in [0.3, 0.4) is 0 Å². The van der Waals surface area contributed by atoms with E-state index in [1.807, 2.05) is 0 Å². The Morgan fingerprint density at radius 1 is 1.29 bits per heavy atom. The van der Waals surface area contributed by atoms with Crippen molar-refractivity contribution in [2.75, 3.05) is 26.8 Å². The predicted octanol–water partition coefficient (Wildman–Crippen LogP) is 1.31. The lowest BCUT2D eigenvalue weighted by atomic mass is 9.97. The normalized spacial score (nSPS) is 25.3. The molecule has 17 heavy (non-hydrogen) atoms. The number of rotatable bonds is 6. The summed E-state index contributed by atoms with van der Waals surface area (Å²) in [5.41, 5.74) is 0. The summed E-state index contributed by atoms with van der Waals surface area (Å²) in [7, 11) is 1.64. The summed E-state index contributed by atoms with van der Waals surface area (Å²) in [6.07, 6.45) is 6.44. The molecule has 1 amide bonds. The minimum Gasteiger partial charge on any atom is -0.383 e. The molecule has 1 rings (SSSR count). The number of ether oxygens (including phenoxy) is 1. The van der Waals surface area contributed by atoms with Crippen molar-refractivity contribution in [2.24, 2.45) is 5.92 Å². The van der Waals surface area contributed by atoms with Crippen LogP contribution in [-0.4, -0.2) is 38.8 Å². The van der Waals surface area contributed by atoms with Crippen LogP contribution < -0.4 is 10.6 Å². The van der Waals surface area contributed by atoms with Crippen LogP contribution >= 0.6 is 0 Å². The minimum absolute atomic E-state index is 0.0681. The summed E-state index contributed by atoms with van der Waals surface area (Å²) in [4.78, 5) is 11.5. The second-order valence-electron chi connectivity index (χ2n) is 4.95. The molecule has 0 aromatic carbocycles. The highest BCUT2D eigenvalue weighted by Crippen LogP contribution is 2.22. The number of amides is 1. The zero-order chi connectivity index (χ0) is 12.5. The first-order chi connectivity index (χ1) is 8.24. The highest BCUT2D eigenvalue weighted by molar-refractivity contribution is 5.77. The number of hydrogen-bond acceptors (Lipinski definition) is 3. The van der Waals surface area contributed by atoms with Crippen LogP contribution in [0.25, 0.3) is 0 Å². The Morgan fingerprint density at radius 3 is 2.82 bits per heavy atom. The number of nitrogens with one attached hydrogen (secondary N) is 2. The Kier molecular flexibility index (Phi) is 7.21. The summed E-state index contributed by atoms with van der Waals surface area (Å²) in [5, 5.41) is 6.21. The molecule has 2 unspecified atom stereocenters. The van der Waals surface area contributed by atoms with Crippen LogP contribution in [0, 0.1) is 5.92 Å². The van der Waals surface area contributed by atoms with Gasteiger partial charge in [-0.15, -0.1) is 0 Å². The van der Waals surface area contributed by atoms with Gasteiger partial charge in [0, 0.05) is 19.7 Å². The topological polar surface area (TPSA) is 50.4 Å². The van der Waals surface area contributed by atoms with Crippen LogP contribution in [0.1, 0.15) is 39.0 Å². The molecule has 1 aliphatic rings. The summed E-state index contributed by atoms with van der Waals surface area (Å²) >= 11 is 0. The zero-order valence-corrected chi connectivity index (χ0v) is 11.1. The largest absolute Gasteiger partial charge is 0.383 e. The molecule has 100 valence electrons. The van der Waals surface area contributed by atoms with Gasteiger partial charge in [0.25, 0.3) is 0 Å². The van der Waals surface area contributed by atoms with E-state index in [1.165, 1.54) is 32.1 Å². The van der Waals surface area contributed by atoms with E-state index in [1.54, 1.807) is 7.11 Å². The maximum absolute atomic E-state index is 11.5. The van der Waals surface area contributed by atoms with Crippen molar-refractivity contribution in [3.05, 3.63) is 0 Å². The maximum atomic E-state index is 11.5. The second-order valence-corrected chi connectivity index (χ2v) is 4.95. The molecule has 2 atom stereocenters. The maximum Gasteiger partial charge on any atom is 0.234 e. The van der Waals surface area contributed by atoms with Gasteiger partial charge in [-0.2, -0.15) is 0 Å². The first-order valence-electron chi connectivity index (χ1n) is 6.73. The average molecular weight is 242 g/mol. The Balaban J connectivity index is 2.16. The molecule has 4 heteroatoms. The van der Waals surface area contributed by atoms with Crippen LogP contribution in [0.2, 0.25) is 0 Å². The van der Waals surface area contributed by atoms with E-state index in [9.17, 15) is 4.79 Å². The fraction of sp³-hybridized carbons (Fsp3) is 0.923. The van der Waals surface area contributed by atoms with E-state index in [0.29, 0.717) is 31.7 Å². The van der Waals surface area contributed by atoms with Gasteiger partial charge in [0.05, 0.1) is 13.2 Å². The van der Waals surface area contributed by atoms with Crippen LogP contribution in [0.4, 0.5) is 0 Å². The Hall–Kier alpha value is -0.610. The lowest BCUT2D eigenvalue weighted by molar-refractivity contribution is -0.120. The van der Waals surface area contributed by atoms with Gasteiger partial charge in [-0.3, -0.25) is 4.79 Å². The lowest BCUT2D eigenvalue weighted by Crippen LogP contribution is -2.42. The van der Waals surface area contributed by atoms with Crippen molar-refractivity contribution in [1.29, 1.82) is 0 Å². The number of carbonyl (C=O) groups is 1. The second kappa shape index (κ2) is 8.48. The fourth-order valence-corrected chi connectivity index (χ4v) is 2.38. The summed E-state index contributed by atoms with van der Waals surface area (Å²) in [5.74, 6) is 0.753. The van der Waals surface area contributed by atoms with Crippen molar-refractivity contribution in [3.63, 3.8) is 0 Å². The third-order valence-corrected chi connectivity index (χ3v) is 3.51. The lowest BCUT2D eigenvalue weighted by Gasteiger charge is -2.22. The van der Waals surface area contributed by atoms with E-state index >= 15 is 0 Å². The van der Waals surface area contributed by atoms with E-state index < -0.39 is 0 Å². The van der Waals surface area contributed by atoms with Crippen LogP contribution in [0.15, 0.2) is 0 Å². The van der Waals surface area contributed by atoms with E-state index in [-0.39, 0.29) is 5.91 Å². The van der Waals surface area contributed by atoms with Crippen molar-refractivity contribution >= 4 is 5.91 Å². The van der Waals surface area contributed by atoms with Gasteiger partial charge in [-0.05, 0) is 18.8 Å². The molecule has 0 bridgehead atoms. The van der Waals surface area contributed by atoms with Gasteiger partial charge >= 0.3 is 0 Å². The number of hydrogen-bond donors (Lipinski definition) is 2. The molecule has 0 spiro atoms. The van der Waals surface area contributed by atoms with Gasteiger partial charge in [-0.1, -0.05) is 26.2 Å². The van der Waals surface area contributed by atoms with Crippen molar-refractivity contribution in [3.8, 4) is 0 Å². The quantitative estimate of drug-likeness (QED) is 0.545. The molecule has 0 aromatic rings. The van der Waals surface area contributed by atoms with Gasteiger partial charge in [0.2, 0.25) is 5.91 Å². The summed E-state index contributed by atoms with van der Waals surface area (Å²) < 4.78 is 4.89. The van der Waals surface area contributed by atoms with E-state index in [4.69, 9.17) is 4.74 Å². The molecule has 0 heterocycles. The molecule has 0 aromatic heterocycles. The van der Waals surface area contributed by atoms with Gasteiger partial charge < -0.3 is 15.4 Å². The Labute approximate surface area is 104 Å². The minimum atomic E-state index is 0.0681. The molecular weight excluding hydrogens is 216 g/mol. The molecule has 1 aliphatic carbocycles. The third-order valence-electron chi connectivity index (χ3n) is 3.51. The highest BCUT2D eigenvalue weighted by Gasteiger charge is 2.19. The zero-order valence-electron chi connectivity index (χ0n) is 11.1. The third kappa shape index (κ3) is 6.03. The van der Waals surface area contributed by atoms with Crippen LogP contribution in [-0.2, 0) is 9.53 Å². The average Bonchev–Trinajstić information content (AvgIpc) is 2.52. The van der Waals surface area contributed by atoms with Crippen molar-refractivity contribution in [2.45, 2.75) is 45.1 Å². The molecule has 1 saturated carbocycles. The van der Waals surface area contributed by atoms with Gasteiger partial charge in [-0.25, -0.2) is 0 Å². The van der Waals surface area contributed by atoms with Gasteiger partial charge in [0.15, 0.2) is 0 Å². The first-order valence-corrected chi connectivity index (χ1v) is 6.73. The highest BCUT2D eigenvalue weighted by atomic mass is 16.5.